The summed E-state index contributed by atoms with van der Waals surface area (Å²) in [6.07, 6.45) is 3.57. The van der Waals surface area contributed by atoms with Gasteiger partial charge in [0, 0.05) is 12.4 Å². The summed E-state index contributed by atoms with van der Waals surface area (Å²) >= 11 is 0. The van der Waals surface area contributed by atoms with Gasteiger partial charge in [-0.05, 0) is 24.6 Å². The topological polar surface area (TPSA) is 25.8 Å². The predicted octanol–water partition coefficient (Wildman–Crippen LogP) is 1.89. The van der Waals surface area contributed by atoms with E-state index in [4.69, 9.17) is 0 Å². The standard InChI is InChI=1S/C9H8N2/c1-7-3-2-5-10-8-4-6-11-9(7)8/h2-6H,1H3. The van der Waals surface area contributed by atoms with Crippen LogP contribution in [0.25, 0.3) is 11.4 Å². The zero-order chi connectivity index (χ0) is 7.68. The molecule has 0 bridgehead atoms. The molecule has 0 unspecified atom stereocenters. The van der Waals surface area contributed by atoms with Crippen LogP contribution in [0.2, 0.25) is 0 Å². The highest BCUT2D eigenvalue weighted by atomic mass is 14.8. The van der Waals surface area contributed by atoms with Gasteiger partial charge in [-0.15, -0.1) is 0 Å². The molecular weight excluding hydrogens is 136 g/mol. The normalized spacial score (nSPS) is 10.3. The molecule has 0 atom stereocenters. The average Bonchev–Trinajstić information content (AvgIpc) is 2.40. The quantitative estimate of drug-likeness (QED) is 0.564. The van der Waals surface area contributed by atoms with Gasteiger partial charge in [-0.3, -0.25) is 9.97 Å². The van der Waals surface area contributed by atoms with E-state index in [0.29, 0.717) is 0 Å². The molecule has 54 valence electrons. The summed E-state index contributed by atoms with van der Waals surface area (Å²) in [4.78, 5) is 8.40. The van der Waals surface area contributed by atoms with Gasteiger partial charge in [-0.2, -0.15) is 0 Å². The SMILES string of the molecule is Cc1cccnc2ccnc1-2. The van der Waals surface area contributed by atoms with Gasteiger partial charge in [0.15, 0.2) is 0 Å². The van der Waals surface area contributed by atoms with Crippen LogP contribution in [0.1, 0.15) is 5.56 Å². The monoisotopic (exact) mass is 144 g/mol. The third-order valence-corrected chi connectivity index (χ3v) is 1.70. The summed E-state index contributed by atoms with van der Waals surface area (Å²) in [5.41, 5.74) is 3.13. The molecule has 0 radical (unpaired) electrons. The molecule has 0 aromatic carbocycles. The van der Waals surface area contributed by atoms with Crippen LogP contribution in [-0.4, -0.2) is 9.97 Å². The largest absolute Gasteiger partial charge is 0.255 e. The van der Waals surface area contributed by atoms with Crippen LogP contribution in [0.5, 0.6) is 0 Å². The smallest absolute Gasteiger partial charge is 0.0915 e. The third kappa shape index (κ3) is 0.963. The first-order valence-electron chi connectivity index (χ1n) is 3.54. The lowest BCUT2D eigenvalue weighted by Crippen LogP contribution is -1.77. The highest BCUT2D eigenvalue weighted by Gasteiger charge is 2.03. The highest BCUT2D eigenvalue weighted by molar-refractivity contribution is 5.59. The highest BCUT2D eigenvalue weighted by Crippen LogP contribution is 2.18. The second kappa shape index (κ2) is 2.31. The van der Waals surface area contributed by atoms with Crippen molar-refractivity contribution in [3.8, 4) is 11.4 Å². The van der Waals surface area contributed by atoms with Crippen molar-refractivity contribution in [3.05, 3.63) is 36.2 Å². The van der Waals surface area contributed by atoms with Crippen molar-refractivity contribution < 1.29 is 0 Å². The first kappa shape index (κ1) is 6.28. The minimum atomic E-state index is 0.965. The summed E-state index contributed by atoms with van der Waals surface area (Å²) in [6.45, 7) is 2.04. The first-order valence-corrected chi connectivity index (χ1v) is 3.54. The minimum Gasteiger partial charge on any atom is -0.255 e. The van der Waals surface area contributed by atoms with Crippen molar-refractivity contribution in [2.45, 2.75) is 6.92 Å². The number of nitrogens with zero attached hydrogens (tertiary/aromatic N) is 2. The van der Waals surface area contributed by atoms with Gasteiger partial charge in [-0.25, -0.2) is 0 Å². The lowest BCUT2D eigenvalue weighted by molar-refractivity contribution is 1.31. The lowest BCUT2D eigenvalue weighted by Gasteiger charge is -1.90. The van der Waals surface area contributed by atoms with Gasteiger partial charge in [0.05, 0.1) is 11.4 Å². The van der Waals surface area contributed by atoms with Crippen molar-refractivity contribution in [3.63, 3.8) is 0 Å². The van der Waals surface area contributed by atoms with Gasteiger partial charge < -0.3 is 0 Å². The van der Waals surface area contributed by atoms with Crippen molar-refractivity contribution in [2.75, 3.05) is 0 Å². The van der Waals surface area contributed by atoms with Gasteiger partial charge in [0.2, 0.25) is 0 Å². The van der Waals surface area contributed by atoms with E-state index in [2.05, 4.69) is 9.97 Å². The molecule has 0 fully saturated rings. The van der Waals surface area contributed by atoms with Gasteiger partial charge in [0.1, 0.15) is 0 Å². The summed E-state index contributed by atoms with van der Waals surface area (Å²) in [5.74, 6) is 0. The van der Waals surface area contributed by atoms with E-state index in [1.165, 1.54) is 5.56 Å². The fourth-order valence-corrected chi connectivity index (χ4v) is 1.13. The van der Waals surface area contributed by atoms with Crippen LogP contribution in [0.3, 0.4) is 0 Å². The second-order valence-corrected chi connectivity index (χ2v) is 2.50. The molecule has 2 nitrogen and oxygen atoms in total. The summed E-state index contributed by atoms with van der Waals surface area (Å²) in [6, 6.07) is 5.86. The fourth-order valence-electron chi connectivity index (χ4n) is 1.13. The maximum absolute atomic E-state index is 4.20. The number of aromatic nitrogens is 2. The molecule has 11 heavy (non-hydrogen) atoms. The maximum Gasteiger partial charge on any atom is 0.0915 e. The van der Waals surface area contributed by atoms with Crippen molar-refractivity contribution in [1.82, 2.24) is 9.97 Å². The van der Waals surface area contributed by atoms with E-state index >= 15 is 0 Å². The minimum absolute atomic E-state index is 0.965. The van der Waals surface area contributed by atoms with E-state index in [1.54, 1.807) is 12.4 Å². The molecule has 2 aliphatic heterocycles. The molecule has 2 heterocycles. The van der Waals surface area contributed by atoms with Crippen LogP contribution in [0, 0.1) is 6.92 Å². The molecule has 0 saturated heterocycles. The molecule has 0 aliphatic carbocycles. The van der Waals surface area contributed by atoms with Gasteiger partial charge in [0.25, 0.3) is 0 Å². The Morgan fingerprint density at radius 2 is 2.00 bits per heavy atom. The Morgan fingerprint density at radius 1 is 1.09 bits per heavy atom. The second-order valence-electron chi connectivity index (χ2n) is 2.50. The Bertz CT molecular complexity index is 344. The Balaban J connectivity index is 2.78. The van der Waals surface area contributed by atoms with E-state index in [1.807, 2.05) is 25.1 Å². The predicted molar refractivity (Wildman–Crippen MR) is 43.4 cm³/mol. The van der Waals surface area contributed by atoms with E-state index in [9.17, 15) is 0 Å². The summed E-state index contributed by atoms with van der Waals surface area (Å²) < 4.78 is 0. The maximum atomic E-state index is 4.20. The van der Waals surface area contributed by atoms with Gasteiger partial charge in [-0.1, -0.05) is 6.07 Å². The van der Waals surface area contributed by atoms with Crippen LogP contribution in [-0.2, 0) is 0 Å². The summed E-state index contributed by atoms with van der Waals surface area (Å²) in [5, 5.41) is 0. The van der Waals surface area contributed by atoms with Crippen molar-refractivity contribution in [1.29, 1.82) is 0 Å². The molecule has 2 aliphatic rings. The van der Waals surface area contributed by atoms with Crippen LogP contribution in [0.15, 0.2) is 30.6 Å². The van der Waals surface area contributed by atoms with Crippen LogP contribution in [0.4, 0.5) is 0 Å². The van der Waals surface area contributed by atoms with E-state index in [-0.39, 0.29) is 0 Å². The zero-order valence-electron chi connectivity index (χ0n) is 6.28. The Labute approximate surface area is 65.3 Å². The Kier molecular flexibility index (Phi) is 1.32. The molecule has 0 amide bonds. The molecule has 0 spiro atoms. The summed E-state index contributed by atoms with van der Waals surface area (Å²) in [7, 11) is 0. The van der Waals surface area contributed by atoms with E-state index in [0.717, 1.165) is 11.4 Å². The molecule has 0 aromatic rings. The molecular formula is C9H8N2. The number of aryl methyl sites for hydroxylation is 1. The zero-order valence-corrected chi connectivity index (χ0v) is 6.28. The number of fused-ring (bicyclic) bond motifs is 1. The number of hydrogen-bond donors (Lipinski definition) is 0. The Morgan fingerprint density at radius 3 is 2.91 bits per heavy atom. The molecule has 2 rings (SSSR count). The molecule has 0 N–H and O–H groups in total. The first-order chi connectivity index (χ1) is 5.38. The lowest BCUT2D eigenvalue weighted by atomic mass is 10.2. The third-order valence-electron chi connectivity index (χ3n) is 1.70. The Hall–Kier alpha value is -1.44. The number of rotatable bonds is 0. The average molecular weight is 144 g/mol. The van der Waals surface area contributed by atoms with Crippen molar-refractivity contribution >= 4 is 0 Å². The van der Waals surface area contributed by atoms with Gasteiger partial charge >= 0.3 is 0 Å². The molecule has 0 saturated carbocycles. The fraction of sp³-hybridized carbons (Fsp3) is 0.111. The van der Waals surface area contributed by atoms with Crippen LogP contribution < -0.4 is 0 Å². The number of hydrogen-bond acceptors (Lipinski definition) is 2. The van der Waals surface area contributed by atoms with E-state index < -0.39 is 0 Å². The molecule has 0 aromatic heterocycles. The molecule has 2 heteroatoms. The van der Waals surface area contributed by atoms with Crippen LogP contribution >= 0.6 is 0 Å². The van der Waals surface area contributed by atoms with Crippen molar-refractivity contribution in [2.24, 2.45) is 0 Å².